The molecule has 29 heavy (non-hydrogen) atoms. The molecule has 2 N–H and O–H groups in total. The summed E-state index contributed by atoms with van der Waals surface area (Å²) in [5, 5.41) is 5.59. The molecule has 3 rings (SSSR count). The Morgan fingerprint density at radius 2 is 1.48 bits per heavy atom. The molecule has 0 saturated carbocycles. The van der Waals surface area contributed by atoms with Crippen molar-refractivity contribution >= 4 is 23.2 Å². The predicted octanol–water partition coefficient (Wildman–Crippen LogP) is 4.35. The number of methoxy groups -OCH3 is 1. The number of nitrogens with one attached hydrogen (secondary N) is 2. The minimum Gasteiger partial charge on any atom is -0.495 e. The number of carbonyl (C=O) groups is 2. The van der Waals surface area contributed by atoms with Gasteiger partial charge in [-0.1, -0.05) is 30.3 Å². The highest BCUT2D eigenvalue weighted by atomic mass is 16.5. The second-order valence-corrected chi connectivity index (χ2v) is 6.29. The van der Waals surface area contributed by atoms with Crippen LogP contribution < -0.4 is 20.1 Å². The van der Waals surface area contributed by atoms with Gasteiger partial charge in [-0.25, -0.2) is 0 Å². The van der Waals surface area contributed by atoms with Crippen molar-refractivity contribution in [1.29, 1.82) is 0 Å². The highest BCUT2D eigenvalue weighted by Crippen LogP contribution is 2.24. The molecule has 0 aliphatic carbocycles. The number of amides is 2. The Morgan fingerprint density at radius 1 is 0.828 bits per heavy atom. The van der Waals surface area contributed by atoms with Crippen LogP contribution in [0.2, 0.25) is 0 Å². The highest BCUT2D eigenvalue weighted by Gasteiger charge is 2.15. The van der Waals surface area contributed by atoms with Gasteiger partial charge in [0.05, 0.1) is 12.8 Å². The summed E-state index contributed by atoms with van der Waals surface area (Å²) in [6, 6.07) is 22.9. The van der Waals surface area contributed by atoms with Gasteiger partial charge in [0.15, 0.2) is 6.10 Å². The standard InChI is InChI=1S/C23H22N2O4/c1-16(29-19-8-4-3-5-9-19)22(26)24-18-14-12-17(13-15-18)23(27)25-20-10-6-7-11-21(20)28-2/h3-16H,1-2H3,(H,24,26)(H,25,27)/t16-/m0/s1. The predicted molar refractivity (Wildman–Crippen MR) is 113 cm³/mol. The van der Waals surface area contributed by atoms with E-state index in [1.54, 1.807) is 62.6 Å². The average molecular weight is 390 g/mol. The number of hydrogen-bond acceptors (Lipinski definition) is 4. The third-order valence-electron chi connectivity index (χ3n) is 4.20. The van der Waals surface area contributed by atoms with E-state index >= 15 is 0 Å². The van der Waals surface area contributed by atoms with E-state index in [1.807, 2.05) is 30.3 Å². The lowest BCUT2D eigenvalue weighted by Crippen LogP contribution is -2.30. The molecule has 2 amide bonds. The van der Waals surface area contributed by atoms with Crippen LogP contribution in [-0.2, 0) is 4.79 Å². The molecule has 0 aliphatic heterocycles. The number of ether oxygens (including phenoxy) is 2. The van der Waals surface area contributed by atoms with Crippen molar-refractivity contribution in [3.63, 3.8) is 0 Å². The van der Waals surface area contributed by atoms with Crippen molar-refractivity contribution in [3.05, 3.63) is 84.4 Å². The van der Waals surface area contributed by atoms with E-state index in [4.69, 9.17) is 9.47 Å². The Balaban J connectivity index is 1.59. The average Bonchev–Trinajstić information content (AvgIpc) is 2.75. The molecule has 6 nitrogen and oxygen atoms in total. The van der Waals surface area contributed by atoms with Gasteiger partial charge in [0.25, 0.3) is 11.8 Å². The van der Waals surface area contributed by atoms with Crippen LogP contribution in [0.1, 0.15) is 17.3 Å². The molecule has 3 aromatic carbocycles. The maximum Gasteiger partial charge on any atom is 0.265 e. The van der Waals surface area contributed by atoms with Crippen LogP contribution in [0, 0.1) is 0 Å². The third-order valence-corrected chi connectivity index (χ3v) is 4.20. The third kappa shape index (κ3) is 5.35. The van der Waals surface area contributed by atoms with Crippen molar-refractivity contribution in [2.75, 3.05) is 17.7 Å². The van der Waals surface area contributed by atoms with Crippen molar-refractivity contribution in [2.45, 2.75) is 13.0 Å². The maximum atomic E-state index is 12.5. The Kier molecular flexibility index (Phi) is 6.47. The molecule has 0 fully saturated rings. The van der Waals surface area contributed by atoms with E-state index < -0.39 is 6.10 Å². The lowest BCUT2D eigenvalue weighted by molar-refractivity contribution is -0.122. The van der Waals surface area contributed by atoms with E-state index in [9.17, 15) is 9.59 Å². The second kappa shape index (κ2) is 9.41. The largest absolute Gasteiger partial charge is 0.495 e. The Morgan fingerprint density at radius 3 is 2.17 bits per heavy atom. The quantitative estimate of drug-likeness (QED) is 0.629. The smallest absolute Gasteiger partial charge is 0.265 e. The van der Waals surface area contributed by atoms with Gasteiger partial charge in [0.2, 0.25) is 0 Å². The normalized spacial score (nSPS) is 11.2. The second-order valence-electron chi connectivity index (χ2n) is 6.29. The van der Waals surface area contributed by atoms with Crippen LogP contribution in [0.25, 0.3) is 0 Å². The van der Waals surface area contributed by atoms with Gasteiger partial charge in [-0.2, -0.15) is 0 Å². The molecule has 148 valence electrons. The van der Waals surface area contributed by atoms with E-state index in [0.717, 1.165) is 0 Å². The van der Waals surface area contributed by atoms with Crippen molar-refractivity contribution in [1.82, 2.24) is 0 Å². The number of anilines is 2. The zero-order valence-electron chi connectivity index (χ0n) is 16.2. The molecule has 0 unspecified atom stereocenters. The minimum atomic E-state index is -0.661. The van der Waals surface area contributed by atoms with Crippen LogP contribution in [0.15, 0.2) is 78.9 Å². The lowest BCUT2D eigenvalue weighted by Gasteiger charge is -2.15. The van der Waals surface area contributed by atoms with E-state index in [1.165, 1.54) is 0 Å². The molecule has 0 heterocycles. The van der Waals surface area contributed by atoms with Crippen LogP contribution in [0.3, 0.4) is 0 Å². The number of hydrogen-bond donors (Lipinski definition) is 2. The first kappa shape index (κ1) is 19.9. The van der Waals surface area contributed by atoms with Crippen LogP contribution in [-0.4, -0.2) is 25.0 Å². The van der Waals surface area contributed by atoms with Gasteiger partial charge in [0.1, 0.15) is 11.5 Å². The van der Waals surface area contributed by atoms with Gasteiger partial charge in [-0.05, 0) is 55.5 Å². The lowest BCUT2D eigenvalue weighted by atomic mass is 10.2. The van der Waals surface area contributed by atoms with Gasteiger partial charge < -0.3 is 20.1 Å². The molecule has 1 atom stereocenters. The summed E-state index contributed by atoms with van der Waals surface area (Å²) >= 11 is 0. The zero-order valence-corrected chi connectivity index (χ0v) is 16.2. The van der Waals surface area contributed by atoms with E-state index in [-0.39, 0.29) is 11.8 Å². The summed E-state index contributed by atoms with van der Waals surface area (Å²) in [6.07, 6.45) is -0.661. The van der Waals surface area contributed by atoms with Crippen molar-refractivity contribution in [3.8, 4) is 11.5 Å². The Labute approximate surface area is 169 Å². The molecular weight excluding hydrogens is 368 g/mol. The minimum absolute atomic E-state index is 0.270. The van der Waals surface area contributed by atoms with E-state index in [2.05, 4.69) is 10.6 Å². The molecule has 0 radical (unpaired) electrons. The molecule has 0 aromatic heterocycles. The summed E-state index contributed by atoms with van der Waals surface area (Å²) < 4.78 is 10.8. The first-order chi connectivity index (χ1) is 14.1. The fraction of sp³-hybridized carbons (Fsp3) is 0.130. The molecular formula is C23H22N2O4. The summed E-state index contributed by atoms with van der Waals surface area (Å²) in [5.41, 5.74) is 1.62. The molecule has 0 aliphatic rings. The van der Waals surface area contributed by atoms with Crippen LogP contribution in [0.5, 0.6) is 11.5 Å². The van der Waals surface area contributed by atoms with Gasteiger partial charge in [-0.3, -0.25) is 9.59 Å². The number of benzene rings is 3. The molecule has 0 spiro atoms. The number of para-hydroxylation sites is 3. The molecule has 0 bridgehead atoms. The molecule has 3 aromatic rings. The monoisotopic (exact) mass is 390 g/mol. The van der Waals surface area contributed by atoms with Gasteiger partial charge >= 0.3 is 0 Å². The van der Waals surface area contributed by atoms with Gasteiger partial charge in [0, 0.05) is 11.3 Å². The van der Waals surface area contributed by atoms with Crippen molar-refractivity contribution < 1.29 is 19.1 Å². The summed E-state index contributed by atoms with van der Waals surface area (Å²) in [5.74, 6) is 0.656. The summed E-state index contributed by atoms with van der Waals surface area (Å²) in [4.78, 5) is 24.8. The first-order valence-electron chi connectivity index (χ1n) is 9.14. The SMILES string of the molecule is COc1ccccc1NC(=O)c1ccc(NC(=O)[C@H](C)Oc2ccccc2)cc1. The van der Waals surface area contributed by atoms with Crippen LogP contribution in [0.4, 0.5) is 11.4 Å². The van der Waals surface area contributed by atoms with Crippen molar-refractivity contribution in [2.24, 2.45) is 0 Å². The summed E-state index contributed by atoms with van der Waals surface area (Å²) in [7, 11) is 1.55. The fourth-order valence-corrected chi connectivity index (χ4v) is 2.65. The first-order valence-corrected chi connectivity index (χ1v) is 9.14. The van der Waals surface area contributed by atoms with E-state index in [0.29, 0.717) is 28.4 Å². The molecule has 0 saturated heterocycles. The maximum absolute atomic E-state index is 12.5. The molecule has 6 heteroatoms. The summed E-state index contributed by atoms with van der Waals surface area (Å²) in [6.45, 7) is 1.68. The number of rotatable bonds is 7. The fourth-order valence-electron chi connectivity index (χ4n) is 2.65. The Hall–Kier alpha value is -3.80. The number of carbonyl (C=O) groups excluding carboxylic acids is 2. The zero-order chi connectivity index (χ0) is 20.6. The van der Waals surface area contributed by atoms with Gasteiger partial charge in [-0.15, -0.1) is 0 Å². The topological polar surface area (TPSA) is 76.7 Å². The van der Waals surface area contributed by atoms with Crippen LogP contribution >= 0.6 is 0 Å². The Bertz CT molecular complexity index is 972. The highest BCUT2D eigenvalue weighted by molar-refractivity contribution is 6.05.